The van der Waals surface area contributed by atoms with Gasteiger partial charge in [0, 0.05) is 37.6 Å². The smallest absolute Gasteiger partial charge is 0.228 e. The minimum atomic E-state index is -0.105. The summed E-state index contributed by atoms with van der Waals surface area (Å²) in [5, 5.41) is 2.95. The van der Waals surface area contributed by atoms with Crippen LogP contribution in [0.25, 0.3) is 0 Å². The molecule has 1 saturated heterocycles. The van der Waals surface area contributed by atoms with Gasteiger partial charge in [0.1, 0.15) is 0 Å². The van der Waals surface area contributed by atoms with E-state index in [1.165, 1.54) is 5.69 Å². The molecule has 29 heavy (non-hydrogen) atoms. The number of likely N-dealkylation sites (N-methyl/N-ethyl adjacent to an activating group) is 1. The van der Waals surface area contributed by atoms with E-state index in [2.05, 4.69) is 34.3 Å². The number of benzene rings is 2. The van der Waals surface area contributed by atoms with Crippen molar-refractivity contribution in [3.05, 3.63) is 42.0 Å². The van der Waals surface area contributed by atoms with Gasteiger partial charge in [0.05, 0.1) is 27.8 Å². The van der Waals surface area contributed by atoms with Gasteiger partial charge in [-0.15, -0.1) is 0 Å². The van der Waals surface area contributed by atoms with Crippen molar-refractivity contribution < 1.29 is 19.0 Å². The number of carbonyl (C=O) groups excluding carboxylic acids is 1. The Labute approximate surface area is 172 Å². The quantitative estimate of drug-likeness (QED) is 0.772. The van der Waals surface area contributed by atoms with Crippen LogP contribution in [0.15, 0.2) is 36.4 Å². The molecule has 0 saturated carbocycles. The summed E-state index contributed by atoms with van der Waals surface area (Å²) in [6.07, 6.45) is 0.205. The van der Waals surface area contributed by atoms with Crippen molar-refractivity contribution >= 4 is 17.3 Å². The van der Waals surface area contributed by atoms with E-state index < -0.39 is 0 Å². The average Bonchev–Trinajstić information content (AvgIpc) is 2.74. The molecule has 0 spiro atoms. The first-order chi connectivity index (χ1) is 14.0. The molecule has 7 heteroatoms. The monoisotopic (exact) mass is 399 g/mol. The van der Waals surface area contributed by atoms with Gasteiger partial charge in [-0.25, -0.2) is 0 Å². The van der Waals surface area contributed by atoms with Gasteiger partial charge in [0.25, 0.3) is 0 Å². The molecule has 0 radical (unpaired) electrons. The summed E-state index contributed by atoms with van der Waals surface area (Å²) in [5.41, 5.74) is 2.74. The van der Waals surface area contributed by atoms with Gasteiger partial charge in [0.15, 0.2) is 11.5 Å². The summed E-state index contributed by atoms with van der Waals surface area (Å²) in [5.74, 6) is 1.47. The molecule has 1 aliphatic rings. The highest BCUT2D eigenvalue weighted by Crippen LogP contribution is 2.38. The maximum atomic E-state index is 12.5. The summed E-state index contributed by atoms with van der Waals surface area (Å²) < 4.78 is 16.0. The molecule has 1 N–H and O–H groups in total. The first-order valence-corrected chi connectivity index (χ1v) is 9.66. The number of carbonyl (C=O) groups is 1. The van der Waals surface area contributed by atoms with Crippen LogP contribution in [0.5, 0.6) is 17.2 Å². The standard InChI is InChI=1S/C22H29N3O4/c1-24-9-11-25(12-10-24)18-7-5-17(6-8-18)23-21(26)15-16-13-19(27-2)22(29-4)20(14-16)28-3/h5-8,13-14H,9-12,15H2,1-4H3,(H,23,26). The Bertz CT molecular complexity index is 805. The van der Waals surface area contributed by atoms with Crippen molar-refractivity contribution in [2.24, 2.45) is 0 Å². The third-order valence-electron chi connectivity index (χ3n) is 5.11. The Morgan fingerprint density at radius 1 is 0.931 bits per heavy atom. The minimum absolute atomic E-state index is 0.105. The molecule has 1 fully saturated rings. The van der Waals surface area contributed by atoms with Crippen molar-refractivity contribution in [3.63, 3.8) is 0 Å². The number of hydrogen-bond donors (Lipinski definition) is 1. The molecule has 0 aliphatic carbocycles. The van der Waals surface area contributed by atoms with Crippen LogP contribution < -0.4 is 24.4 Å². The number of nitrogens with zero attached hydrogens (tertiary/aromatic N) is 2. The molecule has 156 valence electrons. The van der Waals surface area contributed by atoms with Crippen LogP contribution in [0.4, 0.5) is 11.4 Å². The summed E-state index contributed by atoms with van der Waals surface area (Å²) in [4.78, 5) is 17.2. The van der Waals surface area contributed by atoms with E-state index in [1.807, 2.05) is 12.1 Å². The third-order valence-corrected chi connectivity index (χ3v) is 5.11. The molecule has 1 aliphatic heterocycles. The predicted molar refractivity (Wildman–Crippen MR) is 115 cm³/mol. The fourth-order valence-corrected chi connectivity index (χ4v) is 3.45. The molecule has 0 unspecified atom stereocenters. The minimum Gasteiger partial charge on any atom is -0.493 e. The fourth-order valence-electron chi connectivity index (χ4n) is 3.45. The van der Waals surface area contributed by atoms with Gasteiger partial charge in [-0.3, -0.25) is 4.79 Å². The highest BCUT2D eigenvalue weighted by Gasteiger charge is 2.16. The van der Waals surface area contributed by atoms with E-state index in [-0.39, 0.29) is 12.3 Å². The summed E-state index contributed by atoms with van der Waals surface area (Å²) in [6.45, 7) is 4.16. The summed E-state index contributed by atoms with van der Waals surface area (Å²) >= 11 is 0. The van der Waals surface area contributed by atoms with E-state index in [0.717, 1.165) is 37.4 Å². The van der Waals surface area contributed by atoms with E-state index in [1.54, 1.807) is 33.5 Å². The molecule has 2 aromatic rings. The molecule has 3 rings (SSSR count). The first-order valence-electron chi connectivity index (χ1n) is 9.66. The molecular formula is C22H29N3O4. The maximum absolute atomic E-state index is 12.5. The number of anilines is 2. The van der Waals surface area contributed by atoms with Crippen LogP contribution in [-0.4, -0.2) is 65.4 Å². The second kappa shape index (κ2) is 9.52. The fraction of sp³-hybridized carbons (Fsp3) is 0.409. The molecule has 0 bridgehead atoms. The Morgan fingerprint density at radius 2 is 1.52 bits per heavy atom. The van der Waals surface area contributed by atoms with Crippen LogP contribution >= 0.6 is 0 Å². The van der Waals surface area contributed by atoms with Crippen molar-refractivity contribution in [2.45, 2.75) is 6.42 Å². The van der Waals surface area contributed by atoms with E-state index in [4.69, 9.17) is 14.2 Å². The van der Waals surface area contributed by atoms with Crippen molar-refractivity contribution in [1.29, 1.82) is 0 Å². The van der Waals surface area contributed by atoms with Crippen LogP contribution in [0.3, 0.4) is 0 Å². The van der Waals surface area contributed by atoms with E-state index in [0.29, 0.717) is 17.2 Å². The summed E-state index contributed by atoms with van der Waals surface area (Å²) in [6, 6.07) is 11.6. The lowest BCUT2D eigenvalue weighted by atomic mass is 10.1. The first kappa shape index (κ1) is 20.8. The lowest BCUT2D eigenvalue weighted by Crippen LogP contribution is -2.44. The SMILES string of the molecule is COc1cc(CC(=O)Nc2ccc(N3CCN(C)CC3)cc2)cc(OC)c1OC. The molecular weight excluding hydrogens is 370 g/mol. The number of amides is 1. The van der Waals surface area contributed by atoms with Gasteiger partial charge in [-0.05, 0) is 49.0 Å². The zero-order chi connectivity index (χ0) is 20.8. The third kappa shape index (κ3) is 5.12. The lowest BCUT2D eigenvalue weighted by molar-refractivity contribution is -0.115. The Hall–Kier alpha value is -2.93. The molecule has 0 aromatic heterocycles. The largest absolute Gasteiger partial charge is 0.493 e. The number of hydrogen-bond acceptors (Lipinski definition) is 6. The zero-order valence-electron chi connectivity index (χ0n) is 17.5. The van der Waals surface area contributed by atoms with Crippen LogP contribution in [0, 0.1) is 0 Å². The van der Waals surface area contributed by atoms with Gasteiger partial charge in [-0.1, -0.05) is 0 Å². The highest BCUT2D eigenvalue weighted by atomic mass is 16.5. The van der Waals surface area contributed by atoms with Crippen LogP contribution in [0.1, 0.15) is 5.56 Å². The molecule has 1 heterocycles. The van der Waals surface area contributed by atoms with Crippen LogP contribution in [-0.2, 0) is 11.2 Å². The molecule has 2 aromatic carbocycles. The van der Waals surface area contributed by atoms with Gasteiger partial charge in [-0.2, -0.15) is 0 Å². The number of nitrogens with one attached hydrogen (secondary N) is 1. The number of methoxy groups -OCH3 is 3. The Morgan fingerprint density at radius 3 is 2.03 bits per heavy atom. The zero-order valence-corrected chi connectivity index (χ0v) is 17.5. The molecule has 0 atom stereocenters. The predicted octanol–water partition coefficient (Wildman–Crippen LogP) is 2.65. The lowest BCUT2D eigenvalue weighted by Gasteiger charge is -2.34. The molecule has 1 amide bonds. The highest BCUT2D eigenvalue weighted by molar-refractivity contribution is 5.92. The topological polar surface area (TPSA) is 63.3 Å². The summed E-state index contributed by atoms with van der Waals surface area (Å²) in [7, 11) is 6.81. The van der Waals surface area contributed by atoms with Crippen molar-refractivity contribution in [2.75, 3.05) is 64.8 Å². The number of rotatable bonds is 7. The number of piperazine rings is 1. The second-order valence-electron chi connectivity index (χ2n) is 7.10. The maximum Gasteiger partial charge on any atom is 0.228 e. The van der Waals surface area contributed by atoms with Crippen molar-refractivity contribution in [3.8, 4) is 17.2 Å². The van der Waals surface area contributed by atoms with Gasteiger partial charge in [0.2, 0.25) is 11.7 Å². The van der Waals surface area contributed by atoms with E-state index >= 15 is 0 Å². The average molecular weight is 399 g/mol. The van der Waals surface area contributed by atoms with Gasteiger partial charge < -0.3 is 29.3 Å². The Kier molecular flexibility index (Phi) is 6.82. The molecule has 7 nitrogen and oxygen atoms in total. The van der Waals surface area contributed by atoms with E-state index in [9.17, 15) is 4.79 Å². The second-order valence-corrected chi connectivity index (χ2v) is 7.10. The normalized spacial score (nSPS) is 14.4. The number of ether oxygens (including phenoxy) is 3. The van der Waals surface area contributed by atoms with Gasteiger partial charge >= 0.3 is 0 Å². The van der Waals surface area contributed by atoms with Crippen molar-refractivity contribution in [1.82, 2.24) is 4.90 Å². The van der Waals surface area contributed by atoms with Crippen LogP contribution in [0.2, 0.25) is 0 Å². The Balaban J connectivity index is 1.63.